The van der Waals surface area contributed by atoms with Crippen molar-refractivity contribution in [1.29, 1.82) is 0 Å². The number of benzene rings is 1. The second-order valence-corrected chi connectivity index (χ2v) is 8.01. The smallest absolute Gasteiger partial charge is 0.149 e. The first-order valence-electron chi connectivity index (χ1n) is 6.31. The Bertz CT molecular complexity index is 381. The van der Waals surface area contributed by atoms with Gasteiger partial charge in [0, 0.05) is 12.5 Å². The number of ketones is 1. The molecule has 18 heavy (non-hydrogen) atoms. The number of hydrogen-bond acceptors (Lipinski definition) is 2. The summed E-state index contributed by atoms with van der Waals surface area (Å²) in [6.07, 6.45) is 0. The number of alkyl halides is 1. The first-order chi connectivity index (χ1) is 8.30. The molecule has 1 rings (SSSR count). The average molecular weight is 359 g/mol. The highest BCUT2D eigenvalue weighted by Gasteiger charge is 2.26. The lowest BCUT2D eigenvalue weighted by Gasteiger charge is -2.34. The van der Waals surface area contributed by atoms with Gasteiger partial charge in [-0.2, -0.15) is 0 Å². The van der Waals surface area contributed by atoms with Gasteiger partial charge in [0.1, 0.15) is 5.78 Å². The van der Waals surface area contributed by atoms with E-state index in [-0.39, 0.29) is 9.46 Å². The molecule has 0 saturated heterocycles. The lowest BCUT2D eigenvalue weighted by Crippen LogP contribution is -2.42. The van der Waals surface area contributed by atoms with Crippen LogP contribution in [0.15, 0.2) is 30.3 Å². The quantitative estimate of drug-likeness (QED) is 0.436. The largest absolute Gasteiger partial charge is 0.298 e. The van der Waals surface area contributed by atoms with E-state index in [1.165, 1.54) is 5.56 Å². The highest BCUT2D eigenvalue weighted by molar-refractivity contribution is 14.1. The van der Waals surface area contributed by atoms with Crippen LogP contribution in [0.3, 0.4) is 0 Å². The Morgan fingerprint density at radius 1 is 1.28 bits per heavy atom. The van der Waals surface area contributed by atoms with Crippen LogP contribution in [0.2, 0.25) is 0 Å². The maximum Gasteiger partial charge on any atom is 0.149 e. The average Bonchev–Trinajstić information content (AvgIpc) is 2.28. The summed E-state index contributed by atoms with van der Waals surface area (Å²) in [6, 6.07) is 10.3. The summed E-state index contributed by atoms with van der Waals surface area (Å²) in [5.41, 5.74) is 1.25. The van der Waals surface area contributed by atoms with Gasteiger partial charge < -0.3 is 0 Å². The Morgan fingerprint density at radius 3 is 2.28 bits per heavy atom. The molecule has 0 radical (unpaired) electrons. The van der Waals surface area contributed by atoms with Gasteiger partial charge in [-0.15, -0.1) is 0 Å². The molecule has 0 amide bonds. The Morgan fingerprint density at radius 2 is 1.83 bits per heavy atom. The van der Waals surface area contributed by atoms with Crippen molar-refractivity contribution in [3.63, 3.8) is 0 Å². The summed E-state index contributed by atoms with van der Waals surface area (Å²) in [5.74, 6) is 0.401. The fraction of sp³-hybridized carbons (Fsp3) is 0.533. The van der Waals surface area contributed by atoms with E-state index < -0.39 is 0 Å². The van der Waals surface area contributed by atoms with Gasteiger partial charge in [-0.1, -0.05) is 66.8 Å². The third-order valence-electron chi connectivity index (χ3n) is 2.96. The van der Waals surface area contributed by atoms with Crippen molar-refractivity contribution in [2.24, 2.45) is 5.92 Å². The van der Waals surface area contributed by atoms with Crippen molar-refractivity contribution in [1.82, 2.24) is 4.90 Å². The maximum absolute atomic E-state index is 11.9. The molecule has 0 atom stereocenters. The van der Waals surface area contributed by atoms with E-state index in [0.717, 1.165) is 6.54 Å². The zero-order valence-corrected chi connectivity index (χ0v) is 13.8. The SMILES string of the molecule is CC(C)C(=O)CN(Cc1ccccc1)C(C)(C)I. The third kappa shape index (κ3) is 5.06. The van der Waals surface area contributed by atoms with Gasteiger partial charge in [-0.05, 0) is 19.4 Å². The minimum atomic E-state index is -0.0296. The molecule has 0 fully saturated rings. The number of rotatable bonds is 6. The highest BCUT2D eigenvalue weighted by Crippen LogP contribution is 2.25. The summed E-state index contributed by atoms with van der Waals surface area (Å²) in [4.78, 5) is 14.2. The molecule has 2 nitrogen and oxygen atoms in total. The van der Waals surface area contributed by atoms with Gasteiger partial charge in [-0.25, -0.2) is 0 Å². The summed E-state index contributed by atoms with van der Waals surface area (Å²) in [5, 5.41) is 0. The molecular formula is C15H22INO. The van der Waals surface area contributed by atoms with Crippen molar-refractivity contribution >= 4 is 28.4 Å². The zero-order valence-electron chi connectivity index (χ0n) is 11.6. The standard InChI is InChI=1S/C15H22INO/c1-12(2)14(18)11-17(15(3,4)16)10-13-8-6-5-7-9-13/h5-9,12H,10-11H2,1-4H3. The van der Waals surface area contributed by atoms with Crippen LogP contribution in [-0.2, 0) is 11.3 Å². The Kier molecular flexibility index (Phi) is 5.79. The van der Waals surface area contributed by atoms with Crippen molar-refractivity contribution in [3.05, 3.63) is 35.9 Å². The van der Waals surface area contributed by atoms with Crippen LogP contribution >= 0.6 is 22.6 Å². The number of nitrogens with zero attached hydrogens (tertiary/aromatic N) is 1. The maximum atomic E-state index is 11.9. The monoisotopic (exact) mass is 359 g/mol. The molecule has 0 unspecified atom stereocenters. The van der Waals surface area contributed by atoms with Crippen molar-refractivity contribution in [3.8, 4) is 0 Å². The topological polar surface area (TPSA) is 20.3 Å². The van der Waals surface area contributed by atoms with Crippen LogP contribution in [-0.4, -0.2) is 20.8 Å². The minimum Gasteiger partial charge on any atom is -0.298 e. The molecule has 0 spiro atoms. The van der Waals surface area contributed by atoms with E-state index in [0.29, 0.717) is 12.3 Å². The molecule has 3 heteroatoms. The molecule has 1 aromatic carbocycles. The van der Waals surface area contributed by atoms with E-state index in [1.54, 1.807) is 0 Å². The van der Waals surface area contributed by atoms with Crippen molar-refractivity contribution in [2.45, 2.75) is 37.8 Å². The van der Waals surface area contributed by atoms with E-state index in [9.17, 15) is 4.79 Å². The van der Waals surface area contributed by atoms with Gasteiger partial charge >= 0.3 is 0 Å². The number of carbonyl (C=O) groups excluding carboxylic acids is 1. The van der Waals surface area contributed by atoms with Crippen LogP contribution in [0.4, 0.5) is 0 Å². The molecule has 0 aliphatic rings. The second kappa shape index (κ2) is 6.66. The molecule has 1 aromatic rings. The lowest BCUT2D eigenvalue weighted by molar-refractivity contribution is -0.123. The van der Waals surface area contributed by atoms with Crippen LogP contribution in [0, 0.1) is 5.92 Å². The minimum absolute atomic E-state index is 0.0296. The number of Topliss-reactive ketones (excluding diaryl/α,β-unsaturated/α-hetero) is 1. The third-order valence-corrected chi connectivity index (χ3v) is 3.64. The summed E-state index contributed by atoms with van der Waals surface area (Å²) in [7, 11) is 0. The molecule has 0 aliphatic heterocycles. The van der Waals surface area contributed by atoms with Gasteiger partial charge in [0.05, 0.1) is 10.1 Å². The first kappa shape index (κ1) is 15.6. The second-order valence-electron chi connectivity index (χ2n) is 5.37. The molecule has 0 bridgehead atoms. The van der Waals surface area contributed by atoms with E-state index >= 15 is 0 Å². The molecule has 100 valence electrons. The molecular weight excluding hydrogens is 337 g/mol. The van der Waals surface area contributed by atoms with E-state index in [2.05, 4.69) is 53.5 Å². The Hall–Kier alpha value is -0.420. The molecule has 0 saturated carbocycles. The number of carbonyl (C=O) groups is 1. The molecule has 0 heterocycles. The van der Waals surface area contributed by atoms with E-state index in [1.807, 2.05) is 32.0 Å². The summed E-state index contributed by atoms with van der Waals surface area (Å²) >= 11 is 2.40. The number of halogens is 1. The molecule has 0 aromatic heterocycles. The first-order valence-corrected chi connectivity index (χ1v) is 7.39. The van der Waals surface area contributed by atoms with Gasteiger partial charge in [-0.3, -0.25) is 9.69 Å². The predicted molar refractivity (Wildman–Crippen MR) is 84.8 cm³/mol. The van der Waals surface area contributed by atoms with Crippen LogP contribution in [0.5, 0.6) is 0 Å². The fourth-order valence-corrected chi connectivity index (χ4v) is 1.95. The lowest BCUT2D eigenvalue weighted by atomic mass is 10.1. The van der Waals surface area contributed by atoms with Crippen molar-refractivity contribution in [2.75, 3.05) is 6.54 Å². The van der Waals surface area contributed by atoms with Crippen molar-refractivity contribution < 1.29 is 4.79 Å². The summed E-state index contributed by atoms with van der Waals surface area (Å²) in [6.45, 7) is 9.54. The highest BCUT2D eigenvalue weighted by atomic mass is 127. The van der Waals surface area contributed by atoms with Gasteiger partial charge in [0.15, 0.2) is 0 Å². The van der Waals surface area contributed by atoms with Gasteiger partial charge in [0.2, 0.25) is 0 Å². The Balaban J connectivity index is 2.77. The predicted octanol–water partition coefficient (Wildman–Crippen LogP) is 3.88. The Labute approximate surface area is 124 Å². The van der Waals surface area contributed by atoms with Crippen LogP contribution in [0.1, 0.15) is 33.3 Å². The zero-order chi connectivity index (χ0) is 13.8. The van der Waals surface area contributed by atoms with Gasteiger partial charge in [0.25, 0.3) is 0 Å². The molecule has 0 aliphatic carbocycles. The number of hydrogen-bond donors (Lipinski definition) is 0. The molecule has 0 N–H and O–H groups in total. The fourth-order valence-electron chi connectivity index (χ4n) is 1.61. The van der Waals surface area contributed by atoms with Crippen LogP contribution < -0.4 is 0 Å². The van der Waals surface area contributed by atoms with E-state index in [4.69, 9.17) is 0 Å². The normalized spacial score (nSPS) is 12.2. The van der Waals surface area contributed by atoms with Crippen LogP contribution in [0.25, 0.3) is 0 Å². The summed E-state index contributed by atoms with van der Waals surface area (Å²) < 4.78 is -0.0296.